The van der Waals surface area contributed by atoms with E-state index in [-0.39, 0.29) is 37.0 Å². The normalized spacial score (nSPS) is 16.7. The molecule has 1 fully saturated rings. The molecule has 1 saturated heterocycles. The topological polar surface area (TPSA) is 66.9 Å². The summed E-state index contributed by atoms with van der Waals surface area (Å²) in [5, 5.41) is 0. The van der Waals surface area contributed by atoms with Crippen LogP contribution in [0.3, 0.4) is 0 Å². The van der Waals surface area contributed by atoms with Crippen molar-refractivity contribution in [2.24, 2.45) is 0 Å². The molecule has 0 aromatic heterocycles. The van der Waals surface area contributed by atoms with Crippen LogP contribution in [0.25, 0.3) is 0 Å². The molecule has 1 amide bonds. The van der Waals surface area contributed by atoms with Crippen molar-refractivity contribution in [2.75, 3.05) is 26.2 Å². The van der Waals surface area contributed by atoms with Crippen LogP contribution in [-0.2, 0) is 21.0 Å². The molecule has 2 aromatic carbocycles. The summed E-state index contributed by atoms with van der Waals surface area (Å²) >= 11 is 0. The fourth-order valence-corrected chi connectivity index (χ4v) is 4.71. The first-order chi connectivity index (χ1) is 14.6. The van der Waals surface area contributed by atoms with Gasteiger partial charge in [-0.15, -0.1) is 0 Å². The Morgan fingerprint density at radius 3 is 2.10 bits per heavy atom. The van der Waals surface area contributed by atoms with E-state index in [1.165, 1.54) is 4.31 Å². The summed E-state index contributed by atoms with van der Waals surface area (Å²) in [6.07, 6.45) is -4.76. The second-order valence-electron chi connectivity index (χ2n) is 7.08. The van der Waals surface area contributed by atoms with Crippen molar-refractivity contribution in [2.45, 2.75) is 30.5 Å². The maximum Gasteiger partial charge on any atom is 0.416 e. The van der Waals surface area contributed by atoms with Crippen LogP contribution in [0.15, 0.2) is 59.5 Å². The van der Waals surface area contributed by atoms with Gasteiger partial charge >= 0.3 is 6.18 Å². The summed E-state index contributed by atoms with van der Waals surface area (Å²) in [7, 11) is -3.95. The van der Waals surface area contributed by atoms with E-state index in [4.69, 9.17) is 4.74 Å². The summed E-state index contributed by atoms with van der Waals surface area (Å²) in [4.78, 5) is 14.2. The van der Waals surface area contributed by atoms with E-state index in [1.807, 2.05) is 13.0 Å². The highest BCUT2D eigenvalue weighted by atomic mass is 32.2. The minimum atomic E-state index is -4.54. The molecule has 0 radical (unpaired) electrons. The first kappa shape index (κ1) is 23.1. The largest absolute Gasteiger partial charge is 0.481 e. The van der Waals surface area contributed by atoms with Crippen molar-refractivity contribution >= 4 is 15.9 Å². The molecule has 1 aliphatic heterocycles. The predicted molar refractivity (Wildman–Crippen MR) is 108 cm³/mol. The smallest absolute Gasteiger partial charge is 0.416 e. The highest BCUT2D eigenvalue weighted by Gasteiger charge is 2.34. The number of hydrogen-bond donors (Lipinski definition) is 0. The van der Waals surface area contributed by atoms with Gasteiger partial charge in [0.25, 0.3) is 5.91 Å². The number of piperazine rings is 1. The average Bonchev–Trinajstić information content (AvgIpc) is 2.77. The van der Waals surface area contributed by atoms with Crippen LogP contribution < -0.4 is 4.74 Å². The molecule has 0 aliphatic carbocycles. The van der Waals surface area contributed by atoms with Crippen molar-refractivity contribution < 1.29 is 31.1 Å². The van der Waals surface area contributed by atoms with Crippen LogP contribution in [0.4, 0.5) is 13.2 Å². The number of rotatable bonds is 6. The lowest BCUT2D eigenvalue weighted by Gasteiger charge is -2.35. The zero-order valence-corrected chi connectivity index (χ0v) is 17.7. The van der Waals surface area contributed by atoms with E-state index < -0.39 is 27.9 Å². The number of nitrogens with zero attached hydrogens (tertiary/aromatic N) is 2. The standard InChI is InChI=1S/C21H23F3N2O4S/c1-2-19(30-17-6-4-3-5-7-17)20(27)25-12-14-26(15-13-25)31(28,29)18-10-8-16(9-11-18)21(22,23)24/h3-11,19H,2,12-15H2,1H3/t19-/m1/s1. The highest BCUT2D eigenvalue weighted by Crippen LogP contribution is 2.30. The van der Waals surface area contributed by atoms with Gasteiger partial charge in [-0.25, -0.2) is 8.42 Å². The van der Waals surface area contributed by atoms with E-state index >= 15 is 0 Å². The number of hydrogen-bond acceptors (Lipinski definition) is 4. The minimum Gasteiger partial charge on any atom is -0.481 e. The Labute approximate surface area is 179 Å². The maximum absolute atomic E-state index is 12.8. The van der Waals surface area contributed by atoms with Gasteiger partial charge in [-0.2, -0.15) is 17.5 Å². The second-order valence-corrected chi connectivity index (χ2v) is 9.02. The number of para-hydroxylation sites is 1. The van der Waals surface area contributed by atoms with Crippen LogP contribution >= 0.6 is 0 Å². The predicted octanol–water partition coefficient (Wildman–Crippen LogP) is 3.40. The third-order valence-electron chi connectivity index (χ3n) is 5.04. The first-order valence-corrected chi connectivity index (χ1v) is 11.2. The number of carbonyl (C=O) groups excluding carboxylic acids is 1. The summed E-state index contributed by atoms with van der Waals surface area (Å²) in [5.74, 6) is 0.351. The van der Waals surface area contributed by atoms with Crippen molar-refractivity contribution in [3.05, 3.63) is 60.2 Å². The Balaban J connectivity index is 1.63. The molecule has 2 aromatic rings. The number of alkyl halides is 3. The molecule has 0 bridgehead atoms. The van der Waals surface area contributed by atoms with Gasteiger partial charge in [0.1, 0.15) is 5.75 Å². The van der Waals surface area contributed by atoms with E-state index in [0.717, 1.165) is 24.3 Å². The Hall–Kier alpha value is -2.59. The van der Waals surface area contributed by atoms with Crippen molar-refractivity contribution in [3.63, 3.8) is 0 Å². The molecule has 1 aliphatic rings. The Kier molecular flexibility index (Phi) is 6.90. The van der Waals surface area contributed by atoms with Gasteiger partial charge in [0.2, 0.25) is 10.0 Å². The Morgan fingerprint density at radius 1 is 1.00 bits per heavy atom. The number of ether oxygens (including phenoxy) is 1. The van der Waals surface area contributed by atoms with Gasteiger partial charge in [-0.3, -0.25) is 4.79 Å². The fourth-order valence-electron chi connectivity index (χ4n) is 3.29. The molecular weight excluding hydrogens is 433 g/mol. The lowest BCUT2D eigenvalue weighted by atomic mass is 10.2. The zero-order valence-electron chi connectivity index (χ0n) is 16.9. The zero-order chi connectivity index (χ0) is 22.6. The summed E-state index contributed by atoms with van der Waals surface area (Å²) < 4.78 is 70.6. The molecule has 0 spiro atoms. The third kappa shape index (κ3) is 5.37. The molecule has 0 N–H and O–H groups in total. The van der Waals surface area contributed by atoms with Crippen LogP contribution in [0.5, 0.6) is 5.75 Å². The van der Waals surface area contributed by atoms with Gasteiger partial charge in [0, 0.05) is 26.2 Å². The van der Waals surface area contributed by atoms with E-state index in [1.54, 1.807) is 29.2 Å². The first-order valence-electron chi connectivity index (χ1n) is 9.81. The fraction of sp³-hybridized carbons (Fsp3) is 0.381. The SMILES string of the molecule is CC[C@@H](Oc1ccccc1)C(=O)N1CCN(S(=O)(=O)c2ccc(C(F)(F)F)cc2)CC1. The van der Waals surface area contributed by atoms with Gasteiger partial charge in [-0.1, -0.05) is 25.1 Å². The Bertz CT molecular complexity index is 988. The van der Waals surface area contributed by atoms with Gasteiger partial charge in [0.15, 0.2) is 6.10 Å². The van der Waals surface area contributed by atoms with Gasteiger partial charge in [0.05, 0.1) is 10.5 Å². The van der Waals surface area contributed by atoms with Crippen LogP contribution in [0, 0.1) is 0 Å². The van der Waals surface area contributed by atoms with Crippen LogP contribution in [-0.4, -0.2) is 55.8 Å². The summed E-state index contributed by atoms with van der Waals surface area (Å²) in [5.41, 5.74) is -0.911. The molecule has 1 atom stereocenters. The van der Waals surface area contributed by atoms with E-state index in [0.29, 0.717) is 12.2 Å². The van der Waals surface area contributed by atoms with Crippen LogP contribution in [0.2, 0.25) is 0 Å². The molecule has 0 unspecified atom stereocenters. The number of amides is 1. The maximum atomic E-state index is 12.8. The molecule has 1 heterocycles. The molecule has 10 heteroatoms. The minimum absolute atomic E-state index is 0.0524. The monoisotopic (exact) mass is 456 g/mol. The van der Waals surface area contributed by atoms with E-state index in [2.05, 4.69) is 0 Å². The molecule has 168 valence electrons. The molecular formula is C21H23F3N2O4S. The number of sulfonamides is 1. The molecule has 31 heavy (non-hydrogen) atoms. The number of halogens is 3. The third-order valence-corrected chi connectivity index (χ3v) is 6.95. The van der Waals surface area contributed by atoms with Gasteiger partial charge < -0.3 is 9.64 Å². The molecule has 6 nitrogen and oxygen atoms in total. The van der Waals surface area contributed by atoms with Crippen molar-refractivity contribution in [1.82, 2.24) is 9.21 Å². The van der Waals surface area contributed by atoms with Crippen LogP contribution in [0.1, 0.15) is 18.9 Å². The van der Waals surface area contributed by atoms with Crippen molar-refractivity contribution in [1.29, 1.82) is 0 Å². The lowest BCUT2D eigenvalue weighted by Crippen LogP contribution is -2.53. The summed E-state index contributed by atoms with van der Waals surface area (Å²) in [6.45, 7) is 2.28. The number of carbonyl (C=O) groups is 1. The second kappa shape index (κ2) is 9.27. The molecule has 3 rings (SSSR count). The lowest BCUT2D eigenvalue weighted by molar-refractivity contribution is -0.140. The highest BCUT2D eigenvalue weighted by molar-refractivity contribution is 7.89. The van der Waals surface area contributed by atoms with Crippen molar-refractivity contribution in [3.8, 4) is 5.75 Å². The summed E-state index contributed by atoms with van der Waals surface area (Å²) in [6, 6.07) is 12.4. The van der Waals surface area contributed by atoms with E-state index in [9.17, 15) is 26.4 Å². The Morgan fingerprint density at radius 2 is 1.58 bits per heavy atom. The number of benzene rings is 2. The molecule has 0 saturated carbocycles. The van der Waals surface area contributed by atoms with Gasteiger partial charge in [-0.05, 0) is 42.8 Å². The quantitative estimate of drug-likeness (QED) is 0.668. The average molecular weight is 456 g/mol.